The van der Waals surface area contributed by atoms with E-state index in [1.54, 1.807) is 11.3 Å². The Morgan fingerprint density at radius 2 is 2.20 bits per heavy atom. The Bertz CT molecular complexity index is 200. The first-order valence-electron chi connectivity index (χ1n) is 3.31. The summed E-state index contributed by atoms with van der Waals surface area (Å²) in [6, 6.07) is 0. The zero-order valence-corrected chi connectivity index (χ0v) is 7.29. The summed E-state index contributed by atoms with van der Waals surface area (Å²) in [6.45, 7) is 6.71. The van der Waals surface area contributed by atoms with E-state index in [0.29, 0.717) is 6.61 Å². The van der Waals surface area contributed by atoms with Gasteiger partial charge in [-0.2, -0.15) is 0 Å². The molecule has 0 fully saturated rings. The van der Waals surface area contributed by atoms with E-state index in [0.717, 1.165) is 10.9 Å². The highest BCUT2D eigenvalue weighted by Crippen LogP contribution is 2.22. The molecule has 56 valence electrons. The number of hydrogen-bond acceptors (Lipinski definition) is 3. The molecule has 1 aromatic heterocycles. The van der Waals surface area contributed by atoms with Gasteiger partial charge in [0.2, 0.25) is 0 Å². The van der Waals surface area contributed by atoms with Gasteiger partial charge >= 0.3 is 0 Å². The first-order chi connectivity index (χ1) is 4.74. The summed E-state index contributed by atoms with van der Waals surface area (Å²) in [5.41, 5.74) is 1.08. The molecule has 0 N–H and O–H groups in total. The van der Waals surface area contributed by atoms with Crippen LogP contribution < -0.4 is 4.74 Å². The zero-order valence-electron chi connectivity index (χ0n) is 6.47. The lowest BCUT2D eigenvalue weighted by Crippen LogP contribution is -1.89. The van der Waals surface area contributed by atoms with Gasteiger partial charge in [0.25, 0.3) is 5.19 Å². The summed E-state index contributed by atoms with van der Waals surface area (Å²) in [6.07, 6.45) is 0. The van der Waals surface area contributed by atoms with E-state index in [1.807, 2.05) is 13.8 Å². The summed E-state index contributed by atoms with van der Waals surface area (Å²) >= 11 is 1.61. The quantitative estimate of drug-likeness (QED) is 0.656. The Morgan fingerprint density at radius 3 is 2.60 bits per heavy atom. The third-order valence-corrected chi connectivity index (χ3v) is 2.26. The van der Waals surface area contributed by atoms with E-state index in [-0.39, 0.29) is 0 Å². The second-order valence-corrected chi connectivity index (χ2v) is 3.22. The molecule has 0 saturated carbocycles. The molecule has 0 spiro atoms. The highest BCUT2D eigenvalue weighted by molar-refractivity contribution is 7.13. The molecule has 0 aromatic carbocycles. The van der Waals surface area contributed by atoms with Crippen LogP contribution in [0.1, 0.15) is 17.5 Å². The standard InChI is InChI=1S/C7H11NOS/c1-4-9-7-8-5(2)6(3)10-7/h4H2,1-3H3. The first-order valence-corrected chi connectivity index (χ1v) is 4.12. The number of nitrogens with zero attached hydrogens (tertiary/aromatic N) is 1. The van der Waals surface area contributed by atoms with Crippen molar-refractivity contribution in [3.63, 3.8) is 0 Å². The predicted molar refractivity (Wildman–Crippen MR) is 42.8 cm³/mol. The maximum atomic E-state index is 5.21. The van der Waals surface area contributed by atoms with Crippen LogP contribution in [-0.4, -0.2) is 11.6 Å². The number of rotatable bonds is 2. The molecule has 1 aromatic rings. The second-order valence-electron chi connectivity index (χ2n) is 2.05. The molecule has 10 heavy (non-hydrogen) atoms. The van der Waals surface area contributed by atoms with Crippen LogP contribution in [0.4, 0.5) is 0 Å². The Morgan fingerprint density at radius 1 is 1.50 bits per heavy atom. The van der Waals surface area contributed by atoms with Crippen molar-refractivity contribution in [1.82, 2.24) is 4.98 Å². The predicted octanol–water partition coefficient (Wildman–Crippen LogP) is 2.16. The van der Waals surface area contributed by atoms with Gasteiger partial charge in [-0.3, -0.25) is 0 Å². The first kappa shape index (κ1) is 7.54. The zero-order chi connectivity index (χ0) is 7.56. The number of ether oxygens (including phenoxy) is 1. The fourth-order valence-electron chi connectivity index (χ4n) is 0.629. The summed E-state index contributed by atoms with van der Waals surface area (Å²) in [4.78, 5) is 5.44. The van der Waals surface area contributed by atoms with Crippen LogP contribution in [0.5, 0.6) is 5.19 Å². The molecule has 0 aliphatic rings. The van der Waals surface area contributed by atoms with E-state index in [9.17, 15) is 0 Å². The third-order valence-electron chi connectivity index (χ3n) is 1.28. The summed E-state index contributed by atoms with van der Waals surface area (Å²) in [5, 5.41) is 0.789. The van der Waals surface area contributed by atoms with Crippen molar-refractivity contribution in [2.24, 2.45) is 0 Å². The van der Waals surface area contributed by atoms with Gasteiger partial charge in [-0.1, -0.05) is 11.3 Å². The maximum absolute atomic E-state index is 5.21. The van der Waals surface area contributed by atoms with Crippen molar-refractivity contribution in [3.05, 3.63) is 10.6 Å². The van der Waals surface area contributed by atoms with Crippen molar-refractivity contribution >= 4 is 11.3 Å². The van der Waals surface area contributed by atoms with Crippen molar-refractivity contribution < 1.29 is 4.74 Å². The molecule has 0 unspecified atom stereocenters. The Labute approximate surface area is 64.9 Å². The van der Waals surface area contributed by atoms with Crippen LogP contribution >= 0.6 is 11.3 Å². The lowest BCUT2D eigenvalue weighted by molar-refractivity contribution is 0.338. The summed E-state index contributed by atoms with van der Waals surface area (Å²) in [7, 11) is 0. The molecule has 0 bridgehead atoms. The molecular formula is C7H11NOS. The average Bonchev–Trinajstić information content (AvgIpc) is 2.14. The maximum Gasteiger partial charge on any atom is 0.273 e. The number of aromatic nitrogens is 1. The Kier molecular flexibility index (Phi) is 2.27. The second kappa shape index (κ2) is 3.01. The fourth-order valence-corrected chi connectivity index (χ4v) is 1.44. The van der Waals surface area contributed by atoms with Gasteiger partial charge in [-0.25, -0.2) is 4.98 Å². The largest absolute Gasteiger partial charge is 0.470 e. The van der Waals surface area contributed by atoms with Crippen molar-refractivity contribution in [3.8, 4) is 5.19 Å². The molecule has 0 aliphatic heterocycles. The number of aryl methyl sites for hydroxylation is 2. The molecule has 0 saturated heterocycles. The van der Waals surface area contributed by atoms with Gasteiger partial charge in [-0.15, -0.1) is 0 Å². The topological polar surface area (TPSA) is 22.1 Å². The van der Waals surface area contributed by atoms with Gasteiger partial charge < -0.3 is 4.74 Å². The monoisotopic (exact) mass is 157 g/mol. The normalized spacial score (nSPS) is 9.90. The van der Waals surface area contributed by atoms with E-state index in [1.165, 1.54) is 4.88 Å². The molecule has 0 amide bonds. The molecule has 2 nitrogen and oxygen atoms in total. The van der Waals surface area contributed by atoms with Gasteiger partial charge in [0.15, 0.2) is 0 Å². The summed E-state index contributed by atoms with van der Waals surface area (Å²) in [5.74, 6) is 0. The average molecular weight is 157 g/mol. The Hall–Kier alpha value is -0.570. The van der Waals surface area contributed by atoms with Crippen molar-refractivity contribution in [2.75, 3.05) is 6.61 Å². The number of thiazole rings is 1. The minimum absolute atomic E-state index is 0.701. The van der Waals surface area contributed by atoms with E-state index < -0.39 is 0 Å². The van der Waals surface area contributed by atoms with Crippen LogP contribution in [0.25, 0.3) is 0 Å². The van der Waals surface area contributed by atoms with Gasteiger partial charge in [0, 0.05) is 4.88 Å². The highest BCUT2D eigenvalue weighted by atomic mass is 32.1. The third kappa shape index (κ3) is 1.48. The van der Waals surface area contributed by atoms with Gasteiger partial charge in [-0.05, 0) is 20.8 Å². The smallest absolute Gasteiger partial charge is 0.273 e. The SMILES string of the molecule is CCOc1nc(C)c(C)s1. The summed E-state index contributed by atoms with van der Waals surface area (Å²) < 4.78 is 5.21. The van der Waals surface area contributed by atoms with Gasteiger partial charge in [0.1, 0.15) is 0 Å². The van der Waals surface area contributed by atoms with Crippen LogP contribution in [-0.2, 0) is 0 Å². The molecule has 0 atom stereocenters. The van der Waals surface area contributed by atoms with Crippen LogP contribution in [0.2, 0.25) is 0 Å². The molecule has 0 radical (unpaired) electrons. The minimum atomic E-state index is 0.701. The lowest BCUT2D eigenvalue weighted by atomic mass is 10.4. The molecule has 0 aliphatic carbocycles. The molecular weight excluding hydrogens is 146 g/mol. The van der Waals surface area contributed by atoms with Crippen LogP contribution in [0, 0.1) is 13.8 Å². The van der Waals surface area contributed by atoms with Crippen LogP contribution in [0.3, 0.4) is 0 Å². The highest BCUT2D eigenvalue weighted by Gasteiger charge is 2.01. The lowest BCUT2D eigenvalue weighted by Gasteiger charge is -1.92. The molecule has 1 heterocycles. The molecule has 3 heteroatoms. The van der Waals surface area contributed by atoms with Crippen molar-refractivity contribution in [2.45, 2.75) is 20.8 Å². The van der Waals surface area contributed by atoms with E-state index >= 15 is 0 Å². The van der Waals surface area contributed by atoms with Gasteiger partial charge in [0.05, 0.1) is 12.3 Å². The van der Waals surface area contributed by atoms with E-state index in [2.05, 4.69) is 11.9 Å². The van der Waals surface area contributed by atoms with Crippen LogP contribution in [0.15, 0.2) is 0 Å². The Balaban J connectivity index is 2.77. The molecule has 1 rings (SSSR count). The van der Waals surface area contributed by atoms with E-state index in [4.69, 9.17) is 4.74 Å². The fraction of sp³-hybridized carbons (Fsp3) is 0.571. The number of hydrogen-bond donors (Lipinski definition) is 0. The minimum Gasteiger partial charge on any atom is -0.470 e. The van der Waals surface area contributed by atoms with Crippen molar-refractivity contribution in [1.29, 1.82) is 0 Å².